The van der Waals surface area contributed by atoms with E-state index < -0.39 is 0 Å². The zero-order valence-electron chi connectivity index (χ0n) is 7.29. The molecular formula is C9H17N3. The van der Waals surface area contributed by atoms with Crippen LogP contribution < -0.4 is 17.2 Å². The van der Waals surface area contributed by atoms with E-state index in [4.69, 9.17) is 17.2 Å². The van der Waals surface area contributed by atoms with Crippen LogP contribution in [0.4, 0.5) is 0 Å². The molecule has 0 bridgehead atoms. The molecule has 12 heavy (non-hydrogen) atoms. The van der Waals surface area contributed by atoms with Crippen molar-refractivity contribution in [3.8, 4) is 0 Å². The van der Waals surface area contributed by atoms with Gasteiger partial charge in [-0.15, -0.1) is 0 Å². The zero-order valence-corrected chi connectivity index (χ0v) is 7.29. The third kappa shape index (κ3) is 2.49. The summed E-state index contributed by atoms with van der Waals surface area (Å²) >= 11 is 0. The molecule has 3 heteroatoms. The maximum atomic E-state index is 5.83. The highest BCUT2D eigenvalue weighted by Gasteiger charge is 2.16. The van der Waals surface area contributed by atoms with Gasteiger partial charge in [-0.2, -0.15) is 0 Å². The lowest BCUT2D eigenvalue weighted by molar-refractivity contribution is 0.635. The second-order valence-corrected chi connectivity index (χ2v) is 3.31. The summed E-state index contributed by atoms with van der Waals surface area (Å²) in [5.41, 5.74) is 17.3. The fourth-order valence-electron chi connectivity index (χ4n) is 1.59. The molecule has 1 saturated carbocycles. The van der Waals surface area contributed by atoms with E-state index in [2.05, 4.69) is 0 Å². The molecule has 1 aliphatic carbocycles. The number of allylic oxidation sites excluding steroid dienone is 3. The first-order chi connectivity index (χ1) is 5.70. The Kier molecular flexibility index (Phi) is 3.02. The fraction of sp³-hybridized carbons (Fsp3) is 0.556. The average molecular weight is 167 g/mol. The van der Waals surface area contributed by atoms with Crippen molar-refractivity contribution in [3.05, 3.63) is 23.7 Å². The van der Waals surface area contributed by atoms with Crippen molar-refractivity contribution in [2.24, 2.45) is 23.1 Å². The molecule has 0 aliphatic heterocycles. The quantitative estimate of drug-likeness (QED) is 0.532. The Morgan fingerprint density at radius 1 is 1.00 bits per heavy atom. The number of hydrogen-bond acceptors (Lipinski definition) is 3. The van der Waals surface area contributed by atoms with Crippen LogP contribution in [0.15, 0.2) is 23.7 Å². The van der Waals surface area contributed by atoms with Gasteiger partial charge in [-0.25, -0.2) is 0 Å². The Hall–Kier alpha value is -1.12. The van der Waals surface area contributed by atoms with Crippen LogP contribution in [0.2, 0.25) is 0 Å². The van der Waals surface area contributed by atoms with Crippen molar-refractivity contribution in [1.29, 1.82) is 0 Å². The van der Waals surface area contributed by atoms with Crippen LogP contribution in [0.5, 0.6) is 0 Å². The highest BCUT2D eigenvalue weighted by Crippen LogP contribution is 2.28. The molecule has 0 saturated heterocycles. The van der Waals surface area contributed by atoms with Crippen LogP contribution in [-0.2, 0) is 0 Å². The molecule has 0 heterocycles. The van der Waals surface area contributed by atoms with Crippen LogP contribution in [0.25, 0.3) is 0 Å². The number of rotatable bonds is 2. The van der Waals surface area contributed by atoms with E-state index in [0.717, 1.165) is 5.70 Å². The standard InChI is InChI=1S/C9H17N3/c10-8(5-6-9(11)12)7-3-1-2-4-7/h5-7H,1-4,10-12H2/b8-5-. The summed E-state index contributed by atoms with van der Waals surface area (Å²) in [5.74, 6) is 0.872. The third-order valence-corrected chi connectivity index (χ3v) is 2.29. The van der Waals surface area contributed by atoms with Gasteiger partial charge in [-0.1, -0.05) is 12.8 Å². The van der Waals surface area contributed by atoms with Crippen molar-refractivity contribution < 1.29 is 0 Å². The van der Waals surface area contributed by atoms with Crippen molar-refractivity contribution >= 4 is 0 Å². The second-order valence-electron chi connectivity index (χ2n) is 3.31. The summed E-state index contributed by atoms with van der Waals surface area (Å²) in [5, 5.41) is 0. The van der Waals surface area contributed by atoms with Gasteiger partial charge in [0.15, 0.2) is 0 Å². The summed E-state index contributed by atoms with van der Waals surface area (Å²) in [7, 11) is 0. The normalized spacial score (nSPS) is 19.5. The highest BCUT2D eigenvalue weighted by molar-refractivity contribution is 5.15. The lowest BCUT2D eigenvalue weighted by Crippen LogP contribution is -2.10. The summed E-state index contributed by atoms with van der Waals surface area (Å²) in [4.78, 5) is 0. The van der Waals surface area contributed by atoms with Crippen LogP contribution in [-0.4, -0.2) is 0 Å². The summed E-state index contributed by atoms with van der Waals surface area (Å²) in [6, 6.07) is 0. The number of nitrogens with two attached hydrogens (primary N) is 3. The van der Waals surface area contributed by atoms with Crippen molar-refractivity contribution in [2.75, 3.05) is 0 Å². The van der Waals surface area contributed by atoms with Gasteiger partial charge in [0.1, 0.15) is 0 Å². The Morgan fingerprint density at radius 3 is 2.08 bits per heavy atom. The van der Waals surface area contributed by atoms with E-state index >= 15 is 0 Å². The van der Waals surface area contributed by atoms with E-state index in [9.17, 15) is 0 Å². The molecular weight excluding hydrogens is 150 g/mol. The van der Waals surface area contributed by atoms with Crippen LogP contribution in [0.3, 0.4) is 0 Å². The van der Waals surface area contributed by atoms with Gasteiger partial charge in [0.2, 0.25) is 0 Å². The molecule has 1 fully saturated rings. The smallest absolute Gasteiger partial charge is 0.0934 e. The largest absolute Gasteiger partial charge is 0.402 e. The lowest BCUT2D eigenvalue weighted by atomic mass is 10.0. The molecule has 1 aliphatic rings. The highest BCUT2D eigenvalue weighted by atomic mass is 14.8. The van der Waals surface area contributed by atoms with Gasteiger partial charge in [-0.3, -0.25) is 0 Å². The molecule has 0 aromatic rings. The number of hydrogen-bond donors (Lipinski definition) is 3. The molecule has 0 atom stereocenters. The first-order valence-corrected chi connectivity index (χ1v) is 4.38. The minimum absolute atomic E-state index is 0.316. The van der Waals surface area contributed by atoms with Crippen LogP contribution in [0.1, 0.15) is 25.7 Å². The molecule has 0 amide bonds. The zero-order chi connectivity index (χ0) is 8.97. The molecule has 1 rings (SSSR count). The van der Waals surface area contributed by atoms with E-state index in [0.29, 0.717) is 11.7 Å². The minimum atomic E-state index is 0.316. The first kappa shape index (κ1) is 8.97. The SMILES string of the molecule is NC(N)=C/C=C(\N)C1CCCC1. The van der Waals surface area contributed by atoms with Crippen LogP contribution >= 0.6 is 0 Å². The maximum absolute atomic E-state index is 5.83. The Morgan fingerprint density at radius 2 is 1.58 bits per heavy atom. The van der Waals surface area contributed by atoms with E-state index in [1.807, 2.05) is 6.08 Å². The van der Waals surface area contributed by atoms with Gasteiger partial charge in [0.05, 0.1) is 5.82 Å². The predicted molar refractivity (Wildman–Crippen MR) is 50.7 cm³/mol. The van der Waals surface area contributed by atoms with Gasteiger partial charge < -0.3 is 17.2 Å². The fourth-order valence-corrected chi connectivity index (χ4v) is 1.59. The Bertz CT molecular complexity index is 196. The van der Waals surface area contributed by atoms with Crippen molar-refractivity contribution in [1.82, 2.24) is 0 Å². The Balaban J connectivity index is 2.50. The molecule has 0 unspecified atom stereocenters. The molecule has 0 radical (unpaired) electrons. The van der Waals surface area contributed by atoms with Gasteiger partial charge in [-0.05, 0) is 30.9 Å². The second kappa shape index (κ2) is 4.04. The van der Waals surface area contributed by atoms with Crippen molar-refractivity contribution in [2.45, 2.75) is 25.7 Å². The van der Waals surface area contributed by atoms with Crippen molar-refractivity contribution in [3.63, 3.8) is 0 Å². The van der Waals surface area contributed by atoms with E-state index in [-0.39, 0.29) is 0 Å². The maximum Gasteiger partial charge on any atom is 0.0934 e. The minimum Gasteiger partial charge on any atom is -0.402 e. The van der Waals surface area contributed by atoms with E-state index in [1.165, 1.54) is 25.7 Å². The average Bonchev–Trinajstić information content (AvgIpc) is 2.51. The van der Waals surface area contributed by atoms with Crippen LogP contribution in [0, 0.1) is 5.92 Å². The lowest BCUT2D eigenvalue weighted by Gasteiger charge is -2.07. The van der Waals surface area contributed by atoms with Gasteiger partial charge in [0.25, 0.3) is 0 Å². The molecule has 0 aromatic heterocycles. The predicted octanol–water partition coefficient (Wildman–Crippen LogP) is 0.778. The first-order valence-electron chi connectivity index (χ1n) is 4.38. The molecule has 0 spiro atoms. The molecule has 6 N–H and O–H groups in total. The third-order valence-electron chi connectivity index (χ3n) is 2.29. The van der Waals surface area contributed by atoms with Gasteiger partial charge >= 0.3 is 0 Å². The topological polar surface area (TPSA) is 78.1 Å². The monoisotopic (exact) mass is 167 g/mol. The van der Waals surface area contributed by atoms with Gasteiger partial charge in [0, 0.05) is 5.70 Å². The molecule has 0 aromatic carbocycles. The molecule has 3 nitrogen and oxygen atoms in total. The Labute approximate surface area is 73.3 Å². The summed E-state index contributed by atoms with van der Waals surface area (Å²) in [6.45, 7) is 0. The molecule has 68 valence electrons. The van der Waals surface area contributed by atoms with E-state index in [1.54, 1.807) is 6.08 Å². The summed E-state index contributed by atoms with van der Waals surface area (Å²) in [6.07, 6.45) is 8.49. The summed E-state index contributed by atoms with van der Waals surface area (Å²) < 4.78 is 0.